The lowest BCUT2D eigenvalue weighted by molar-refractivity contribution is 0.420. The van der Waals surface area contributed by atoms with Crippen molar-refractivity contribution in [3.8, 4) is 22.3 Å². The standard InChI is InChI=1S/C46H47N/c1-46(2)43-18-10-17-40(33-13-7-4-8-14-33)45(43)41-26-25-39(30-44(41)46)47(38-16-9-15-35(29-38)32-11-5-3-6-12-32)37-23-21-34(22-24-37)42-28-31-19-20-36(42)27-31/h4,7-10,13-18,21-26,29-32,36,42H,3,5-6,11-12,19-20,27-28H2,1-2H3. The van der Waals surface area contributed by atoms with E-state index in [1.54, 1.807) is 5.56 Å². The van der Waals surface area contributed by atoms with Gasteiger partial charge in [0.25, 0.3) is 0 Å². The van der Waals surface area contributed by atoms with Gasteiger partial charge in [0, 0.05) is 22.5 Å². The molecule has 4 aliphatic rings. The van der Waals surface area contributed by atoms with Gasteiger partial charge < -0.3 is 4.90 Å². The molecule has 0 amide bonds. The Morgan fingerprint density at radius 2 is 1.32 bits per heavy atom. The van der Waals surface area contributed by atoms with Crippen molar-refractivity contribution < 1.29 is 0 Å². The molecule has 3 fully saturated rings. The second-order valence-electron chi connectivity index (χ2n) is 15.6. The minimum atomic E-state index is -0.0905. The molecule has 47 heavy (non-hydrogen) atoms. The Labute approximate surface area is 281 Å². The van der Waals surface area contributed by atoms with Crippen LogP contribution < -0.4 is 4.90 Å². The van der Waals surface area contributed by atoms with Crippen LogP contribution in [0, 0.1) is 11.8 Å². The summed E-state index contributed by atoms with van der Waals surface area (Å²) in [6, 6.07) is 44.3. The molecule has 9 rings (SSSR count). The maximum Gasteiger partial charge on any atom is 0.0465 e. The molecule has 0 aromatic heterocycles. The predicted octanol–water partition coefficient (Wildman–Crippen LogP) is 13.1. The van der Waals surface area contributed by atoms with Gasteiger partial charge in [-0.3, -0.25) is 0 Å². The lowest BCUT2D eigenvalue weighted by atomic mass is 9.81. The van der Waals surface area contributed by atoms with Crippen LogP contribution in [-0.4, -0.2) is 0 Å². The first kappa shape index (κ1) is 29.1. The number of hydrogen-bond acceptors (Lipinski definition) is 1. The average Bonchev–Trinajstić information content (AvgIpc) is 3.83. The highest BCUT2D eigenvalue weighted by molar-refractivity contribution is 5.94. The van der Waals surface area contributed by atoms with Gasteiger partial charge >= 0.3 is 0 Å². The first-order valence-corrected chi connectivity index (χ1v) is 18.4. The van der Waals surface area contributed by atoms with Crippen LogP contribution in [0.2, 0.25) is 0 Å². The summed E-state index contributed by atoms with van der Waals surface area (Å²) in [5, 5.41) is 0. The molecule has 0 spiro atoms. The molecule has 0 heterocycles. The van der Waals surface area contributed by atoms with Gasteiger partial charge in [-0.1, -0.05) is 118 Å². The highest BCUT2D eigenvalue weighted by Crippen LogP contribution is 2.55. The second kappa shape index (κ2) is 11.6. The Morgan fingerprint density at radius 3 is 2.09 bits per heavy atom. The van der Waals surface area contributed by atoms with Crippen molar-refractivity contribution in [3.05, 3.63) is 138 Å². The van der Waals surface area contributed by atoms with Gasteiger partial charge in [-0.2, -0.15) is 0 Å². The zero-order valence-corrected chi connectivity index (χ0v) is 28.1. The summed E-state index contributed by atoms with van der Waals surface area (Å²) in [5.74, 6) is 3.29. The van der Waals surface area contributed by atoms with E-state index in [-0.39, 0.29) is 5.41 Å². The van der Waals surface area contributed by atoms with E-state index < -0.39 is 0 Å². The SMILES string of the molecule is CC1(C)c2cc(N(c3ccc(C4CC5CCC4C5)cc3)c3cccc(C4CCCCC4)c3)ccc2-c2c(-c3ccccc3)cccc21. The molecular formula is C46H47N. The molecule has 5 aromatic carbocycles. The van der Waals surface area contributed by atoms with Gasteiger partial charge in [0.15, 0.2) is 0 Å². The third-order valence-corrected chi connectivity index (χ3v) is 12.5. The minimum Gasteiger partial charge on any atom is -0.310 e. The zero-order valence-electron chi connectivity index (χ0n) is 28.1. The topological polar surface area (TPSA) is 3.24 Å². The molecule has 0 radical (unpaired) electrons. The van der Waals surface area contributed by atoms with Crippen LogP contribution in [0.4, 0.5) is 17.1 Å². The number of fused-ring (bicyclic) bond motifs is 5. The van der Waals surface area contributed by atoms with Gasteiger partial charge in [0.1, 0.15) is 0 Å². The van der Waals surface area contributed by atoms with E-state index >= 15 is 0 Å². The Bertz CT molecular complexity index is 1910. The Morgan fingerprint density at radius 1 is 0.553 bits per heavy atom. The van der Waals surface area contributed by atoms with Crippen molar-refractivity contribution >= 4 is 17.1 Å². The van der Waals surface area contributed by atoms with Gasteiger partial charge in [-0.15, -0.1) is 0 Å². The summed E-state index contributed by atoms with van der Waals surface area (Å²) in [6.45, 7) is 4.82. The molecular weight excluding hydrogens is 567 g/mol. The number of anilines is 3. The monoisotopic (exact) mass is 613 g/mol. The van der Waals surface area contributed by atoms with Crippen LogP contribution in [-0.2, 0) is 5.41 Å². The van der Waals surface area contributed by atoms with Crippen LogP contribution in [0.25, 0.3) is 22.3 Å². The Balaban J connectivity index is 1.15. The van der Waals surface area contributed by atoms with Gasteiger partial charge in [0.2, 0.25) is 0 Å². The first-order chi connectivity index (χ1) is 23.0. The van der Waals surface area contributed by atoms with E-state index in [9.17, 15) is 0 Å². The molecule has 3 atom stereocenters. The highest BCUT2D eigenvalue weighted by atomic mass is 15.1. The van der Waals surface area contributed by atoms with Gasteiger partial charge in [-0.25, -0.2) is 0 Å². The smallest absolute Gasteiger partial charge is 0.0465 e. The molecule has 0 saturated heterocycles. The molecule has 1 nitrogen and oxygen atoms in total. The zero-order chi connectivity index (χ0) is 31.5. The molecule has 236 valence electrons. The fraction of sp³-hybridized carbons (Fsp3) is 0.348. The van der Waals surface area contributed by atoms with E-state index in [2.05, 4.69) is 134 Å². The van der Waals surface area contributed by atoms with E-state index in [4.69, 9.17) is 0 Å². The summed E-state index contributed by atoms with van der Waals surface area (Å²) in [5.41, 5.74) is 15.0. The first-order valence-electron chi connectivity index (χ1n) is 18.4. The predicted molar refractivity (Wildman–Crippen MR) is 198 cm³/mol. The van der Waals surface area contributed by atoms with E-state index in [1.165, 1.54) is 114 Å². The lowest BCUT2D eigenvalue weighted by Gasteiger charge is -2.30. The molecule has 4 aliphatic carbocycles. The van der Waals surface area contributed by atoms with E-state index in [1.807, 2.05) is 0 Å². The van der Waals surface area contributed by atoms with Gasteiger partial charge in [-0.05, 0) is 137 Å². The van der Waals surface area contributed by atoms with Crippen LogP contribution in [0.3, 0.4) is 0 Å². The maximum atomic E-state index is 2.54. The van der Waals surface area contributed by atoms with Crippen LogP contribution in [0.1, 0.15) is 106 Å². The van der Waals surface area contributed by atoms with Crippen molar-refractivity contribution in [2.75, 3.05) is 4.90 Å². The fourth-order valence-electron chi connectivity index (χ4n) is 10.1. The van der Waals surface area contributed by atoms with Crippen LogP contribution in [0.15, 0.2) is 115 Å². The largest absolute Gasteiger partial charge is 0.310 e. The normalized spacial score (nSPS) is 22.6. The second-order valence-corrected chi connectivity index (χ2v) is 15.6. The molecule has 3 unspecified atom stereocenters. The molecule has 0 N–H and O–H groups in total. The molecule has 0 aliphatic heterocycles. The summed E-state index contributed by atoms with van der Waals surface area (Å²) in [7, 11) is 0. The lowest BCUT2D eigenvalue weighted by Crippen LogP contribution is -2.17. The van der Waals surface area contributed by atoms with Crippen molar-refractivity contribution in [2.45, 2.75) is 88.9 Å². The fourth-order valence-corrected chi connectivity index (χ4v) is 10.1. The summed E-state index contributed by atoms with van der Waals surface area (Å²) >= 11 is 0. The van der Waals surface area contributed by atoms with E-state index in [0.29, 0.717) is 5.92 Å². The number of rotatable bonds is 6. The van der Waals surface area contributed by atoms with Crippen LogP contribution in [0.5, 0.6) is 0 Å². The molecule has 5 aromatic rings. The molecule has 2 bridgehead atoms. The van der Waals surface area contributed by atoms with E-state index in [0.717, 1.165) is 17.8 Å². The number of hydrogen-bond donors (Lipinski definition) is 0. The Hall–Kier alpha value is -4.10. The van der Waals surface area contributed by atoms with Crippen molar-refractivity contribution in [2.24, 2.45) is 11.8 Å². The number of benzene rings is 5. The Kier molecular flexibility index (Phi) is 7.14. The van der Waals surface area contributed by atoms with Crippen molar-refractivity contribution in [1.29, 1.82) is 0 Å². The quantitative estimate of drug-likeness (QED) is 0.184. The van der Waals surface area contributed by atoms with Crippen molar-refractivity contribution in [3.63, 3.8) is 0 Å². The maximum absolute atomic E-state index is 2.54. The average molecular weight is 614 g/mol. The van der Waals surface area contributed by atoms with Crippen molar-refractivity contribution in [1.82, 2.24) is 0 Å². The third kappa shape index (κ3) is 4.97. The molecule has 1 heteroatoms. The molecule has 3 saturated carbocycles. The van der Waals surface area contributed by atoms with Crippen LogP contribution >= 0.6 is 0 Å². The summed E-state index contributed by atoms with van der Waals surface area (Å²) in [4.78, 5) is 2.54. The third-order valence-electron chi connectivity index (χ3n) is 12.5. The summed E-state index contributed by atoms with van der Waals surface area (Å²) < 4.78 is 0. The minimum absolute atomic E-state index is 0.0905. The number of nitrogens with zero attached hydrogens (tertiary/aromatic N) is 1. The summed E-state index contributed by atoms with van der Waals surface area (Å²) in [6.07, 6.45) is 12.5. The highest BCUT2D eigenvalue weighted by Gasteiger charge is 2.40. The van der Waals surface area contributed by atoms with Gasteiger partial charge in [0.05, 0.1) is 0 Å².